The topological polar surface area (TPSA) is 26.3 Å². The highest BCUT2D eigenvalue weighted by atomic mass is 32.1. The minimum absolute atomic E-state index is 0.0310. The Morgan fingerprint density at radius 3 is 2.30 bits per heavy atom. The number of hydrogen-bond donors (Lipinski definition) is 0. The van der Waals surface area contributed by atoms with Crippen molar-refractivity contribution in [1.29, 1.82) is 0 Å². The standard InChI is InChI=1S/C7H13O2S/c1-5(2)9-7(8)6(3)4-10/h5-6H,4H2,1-3H3. The molecule has 0 aromatic rings. The third-order valence-corrected chi connectivity index (χ3v) is 1.50. The Balaban J connectivity index is 3.62. The first kappa shape index (κ1) is 9.82. The van der Waals surface area contributed by atoms with Gasteiger partial charge in [-0.2, -0.15) is 0 Å². The van der Waals surface area contributed by atoms with Crippen LogP contribution in [0.4, 0.5) is 0 Å². The molecule has 0 heterocycles. The summed E-state index contributed by atoms with van der Waals surface area (Å²) in [4.78, 5) is 10.9. The minimum Gasteiger partial charge on any atom is -0.463 e. The number of rotatable bonds is 3. The first-order valence-electron chi connectivity index (χ1n) is 3.36. The number of ether oxygens (including phenoxy) is 1. The highest BCUT2D eigenvalue weighted by Gasteiger charge is 2.13. The largest absolute Gasteiger partial charge is 0.463 e. The molecule has 0 amide bonds. The van der Waals surface area contributed by atoms with Crippen molar-refractivity contribution in [3.8, 4) is 0 Å². The minimum atomic E-state index is -0.190. The summed E-state index contributed by atoms with van der Waals surface area (Å²) < 4.78 is 4.90. The van der Waals surface area contributed by atoms with Gasteiger partial charge in [-0.15, -0.1) is 0 Å². The van der Waals surface area contributed by atoms with Crippen LogP contribution >= 0.6 is 12.6 Å². The fraction of sp³-hybridized carbons (Fsp3) is 0.857. The Kier molecular flexibility index (Phi) is 4.52. The molecule has 2 nitrogen and oxygen atoms in total. The molecule has 0 aliphatic carbocycles. The lowest BCUT2D eigenvalue weighted by Crippen LogP contribution is -2.19. The van der Waals surface area contributed by atoms with E-state index >= 15 is 0 Å². The zero-order valence-electron chi connectivity index (χ0n) is 6.59. The molecule has 0 bridgehead atoms. The van der Waals surface area contributed by atoms with E-state index in [1.807, 2.05) is 13.8 Å². The van der Waals surface area contributed by atoms with E-state index < -0.39 is 0 Å². The summed E-state index contributed by atoms with van der Waals surface area (Å²) in [6, 6.07) is 0. The predicted molar refractivity (Wildman–Crippen MR) is 42.9 cm³/mol. The molecule has 0 aromatic carbocycles. The van der Waals surface area contributed by atoms with Crippen LogP contribution in [-0.2, 0) is 9.53 Å². The molecule has 10 heavy (non-hydrogen) atoms. The molecule has 0 saturated heterocycles. The van der Waals surface area contributed by atoms with Crippen molar-refractivity contribution in [2.24, 2.45) is 5.92 Å². The molecule has 0 aliphatic rings. The van der Waals surface area contributed by atoms with Crippen LogP contribution in [0.3, 0.4) is 0 Å². The van der Waals surface area contributed by atoms with Crippen LogP contribution in [0.1, 0.15) is 20.8 Å². The maximum absolute atomic E-state index is 10.9. The monoisotopic (exact) mass is 161 g/mol. The molecule has 0 spiro atoms. The van der Waals surface area contributed by atoms with Crippen molar-refractivity contribution in [3.63, 3.8) is 0 Å². The molecule has 0 rings (SSSR count). The van der Waals surface area contributed by atoms with Crippen LogP contribution in [0.2, 0.25) is 0 Å². The van der Waals surface area contributed by atoms with Crippen molar-refractivity contribution in [1.82, 2.24) is 0 Å². The van der Waals surface area contributed by atoms with Gasteiger partial charge in [0.15, 0.2) is 0 Å². The van der Waals surface area contributed by atoms with E-state index in [9.17, 15) is 4.79 Å². The maximum Gasteiger partial charge on any atom is 0.309 e. The smallest absolute Gasteiger partial charge is 0.309 e. The van der Waals surface area contributed by atoms with Crippen molar-refractivity contribution in [3.05, 3.63) is 0 Å². The molecule has 59 valence electrons. The second-order valence-electron chi connectivity index (χ2n) is 2.55. The van der Waals surface area contributed by atoms with E-state index in [0.29, 0.717) is 5.75 Å². The van der Waals surface area contributed by atoms with Crippen LogP contribution in [0.15, 0.2) is 0 Å². The maximum atomic E-state index is 10.9. The fourth-order valence-electron chi connectivity index (χ4n) is 0.417. The number of carbonyl (C=O) groups excluding carboxylic acids is 1. The van der Waals surface area contributed by atoms with Gasteiger partial charge >= 0.3 is 5.97 Å². The SMILES string of the molecule is CC(C)OC(=O)C(C)C[S]. The lowest BCUT2D eigenvalue weighted by Gasteiger charge is -2.10. The first-order chi connectivity index (χ1) is 4.57. The number of carbonyl (C=O) groups is 1. The quantitative estimate of drug-likeness (QED) is 0.590. The summed E-state index contributed by atoms with van der Waals surface area (Å²) in [7, 11) is 0. The van der Waals surface area contributed by atoms with Gasteiger partial charge in [-0.25, -0.2) is 0 Å². The van der Waals surface area contributed by atoms with Gasteiger partial charge in [0.1, 0.15) is 0 Å². The third kappa shape index (κ3) is 3.77. The van der Waals surface area contributed by atoms with E-state index in [0.717, 1.165) is 0 Å². The number of esters is 1. The van der Waals surface area contributed by atoms with Crippen molar-refractivity contribution in [2.45, 2.75) is 26.9 Å². The van der Waals surface area contributed by atoms with Gasteiger partial charge in [0.25, 0.3) is 0 Å². The van der Waals surface area contributed by atoms with Gasteiger partial charge in [0.2, 0.25) is 0 Å². The molecule has 1 radical (unpaired) electrons. The molecule has 0 aliphatic heterocycles. The molecular formula is C7H13O2S. The summed E-state index contributed by atoms with van der Waals surface area (Å²) in [5.41, 5.74) is 0. The second-order valence-corrected chi connectivity index (χ2v) is 2.89. The third-order valence-electron chi connectivity index (χ3n) is 1.00. The van der Waals surface area contributed by atoms with Gasteiger partial charge in [0, 0.05) is 5.75 Å². The Hall–Kier alpha value is -0.180. The van der Waals surface area contributed by atoms with Crippen molar-refractivity contribution >= 4 is 18.6 Å². The molecule has 0 saturated carbocycles. The molecule has 1 unspecified atom stereocenters. The van der Waals surface area contributed by atoms with E-state index in [1.54, 1.807) is 6.92 Å². The van der Waals surface area contributed by atoms with E-state index in [2.05, 4.69) is 0 Å². The lowest BCUT2D eigenvalue weighted by atomic mass is 10.2. The Morgan fingerprint density at radius 1 is 1.50 bits per heavy atom. The number of hydrogen-bond acceptors (Lipinski definition) is 2. The zero-order valence-corrected chi connectivity index (χ0v) is 7.40. The molecular weight excluding hydrogens is 148 g/mol. The van der Waals surface area contributed by atoms with Crippen LogP contribution in [-0.4, -0.2) is 17.8 Å². The van der Waals surface area contributed by atoms with Crippen molar-refractivity contribution < 1.29 is 9.53 Å². The fourth-order valence-corrected chi connectivity index (χ4v) is 0.553. The van der Waals surface area contributed by atoms with Gasteiger partial charge in [-0.3, -0.25) is 4.79 Å². The molecule has 0 aromatic heterocycles. The predicted octanol–water partition coefficient (Wildman–Crippen LogP) is 1.77. The highest BCUT2D eigenvalue weighted by molar-refractivity contribution is 7.80. The van der Waals surface area contributed by atoms with Gasteiger partial charge in [-0.05, 0) is 13.8 Å². The molecule has 3 heteroatoms. The lowest BCUT2D eigenvalue weighted by molar-refractivity contribution is -0.150. The zero-order chi connectivity index (χ0) is 8.15. The summed E-state index contributed by atoms with van der Waals surface area (Å²) in [6.45, 7) is 5.43. The summed E-state index contributed by atoms with van der Waals surface area (Å²) >= 11 is 4.70. The van der Waals surface area contributed by atoms with Gasteiger partial charge < -0.3 is 4.74 Å². The molecule has 1 atom stereocenters. The van der Waals surface area contributed by atoms with Gasteiger partial charge in [-0.1, -0.05) is 19.6 Å². The van der Waals surface area contributed by atoms with E-state index in [-0.39, 0.29) is 18.0 Å². The van der Waals surface area contributed by atoms with Crippen LogP contribution in [0.5, 0.6) is 0 Å². The van der Waals surface area contributed by atoms with Crippen molar-refractivity contribution in [2.75, 3.05) is 5.75 Å². The summed E-state index contributed by atoms with van der Waals surface area (Å²) in [6.07, 6.45) is -0.0310. The Bertz CT molecular complexity index is 112. The second kappa shape index (κ2) is 4.61. The van der Waals surface area contributed by atoms with Crippen LogP contribution in [0, 0.1) is 5.92 Å². The molecule has 0 fully saturated rings. The Labute approximate surface area is 67.4 Å². The average Bonchev–Trinajstić information content (AvgIpc) is 1.85. The van der Waals surface area contributed by atoms with Crippen LogP contribution in [0.25, 0.3) is 0 Å². The summed E-state index contributed by atoms with van der Waals surface area (Å²) in [5, 5.41) is 0. The summed E-state index contributed by atoms with van der Waals surface area (Å²) in [5.74, 6) is 0.105. The van der Waals surface area contributed by atoms with Crippen LogP contribution < -0.4 is 0 Å². The normalized spacial score (nSPS) is 13.3. The van der Waals surface area contributed by atoms with E-state index in [4.69, 9.17) is 17.4 Å². The average molecular weight is 161 g/mol. The highest BCUT2D eigenvalue weighted by Crippen LogP contribution is 2.02. The molecule has 0 N–H and O–H groups in total. The Morgan fingerprint density at radius 2 is 2.00 bits per heavy atom. The first-order valence-corrected chi connectivity index (χ1v) is 3.94. The van der Waals surface area contributed by atoms with Gasteiger partial charge in [0.05, 0.1) is 12.0 Å². The van der Waals surface area contributed by atoms with E-state index in [1.165, 1.54) is 0 Å².